The number of hydrogen-bond acceptors (Lipinski definition) is 5. The fraction of sp³-hybridized carbons (Fsp3) is 0.310. The molecule has 2 amide bonds. The summed E-state index contributed by atoms with van der Waals surface area (Å²) in [5.41, 5.74) is 6.55. The van der Waals surface area contributed by atoms with Crippen LogP contribution in [0.4, 0.5) is 0 Å². The second-order valence-electron chi connectivity index (χ2n) is 13.8. The summed E-state index contributed by atoms with van der Waals surface area (Å²) in [6, 6.07) is 26.5. The number of aromatic nitrogens is 4. The van der Waals surface area contributed by atoms with Gasteiger partial charge in [-0.2, -0.15) is 0 Å². The van der Waals surface area contributed by atoms with Crippen LogP contribution in [0.5, 0.6) is 0 Å². The Hall–Kier alpha value is -4.99. The molecule has 0 radical (unpaired) electrons. The van der Waals surface area contributed by atoms with Gasteiger partial charge in [-0.15, -0.1) is 0 Å². The maximum Gasteiger partial charge on any atom is 0.253 e. The molecule has 2 aliphatic heterocycles. The molecule has 11 heteroatoms. The number of amides is 2. The first kappa shape index (κ1) is 36.4. The summed E-state index contributed by atoms with van der Waals surface area (Å²) in [4.78, 5) is 50.5. The number of benzene rings is 4. The SMILES string of the molecule is CC(=O)Cc1nc2cc(C(=O)N3CCCCC3)ccc2n1-c1cccc(Cl)c1.Cc1nc2cc(C(=O)N3CCCCC3)ccc2n1-c1cccc(Cl)c1. The molecule has 0 bridgehead atoms. The van der Waals surface area contributed by atoms with Crippen molar-refractivity contribution in [2.45, 2.75) is 58.8 Å². The molecule has 2 fully saturated rings. The van der Waals surface area contributed by atoms with E-state index in [9.17, 15) is 14.4 Å². The number of carbonyl (C=O) groups is 3. The number of rotatable bonds is 6. The fourth-order valence-electron chi connectivity index (χ4n) is 7.34. The summed E-state index contributed by atoms with van der Waals surface area (Å²) in [5.74, 6) is 1.71. The number of carbonyl (C=O) groups excluding carboxylic acids is 3. The molecule has 4 aromatic carbocycles. The second kappa shape index (κ2) is 15.9. The van der Waals surface area contributed by atoms with Crippen molar-refractivity contribution in [3.8, 4) is 11.4 Å². The summed E-state index contributed by atoms with van der Waals surface area (Å²) < 4.78 is 4.01. The van der Waals surface area contributed by atoms with Crippen LogP contribution < -0.4 is 0 Å². The number of hydrogen-bond donors (Lipinski definition) is 0. The number of nitrogens with zero attached hydrogens (tertiary/aromatic N) is 6. The Kier molecular flexibility index (Phi) is 10.9. The average Bonchev–Trinajstić information content (AvgIpc) is 3.70. The van der Waals surface area contributed by atoms with E-state index < -0.39 is 0 Å². The quantitative estimate of drug-likeness (QED) is 0.170. The Balaban J connectivity index is 0.000000165. The van der Waals surface area contributed by atoms with Crippen LogP contribution in [0, 0.1) is 6.92 Å². The van der Waals surface area contributed by atoms with E-state index in [2.05, 4.69) is 14.5 Å². The third kappa shape index (κ3) is 8.01. The van der Waals surface area contributed by atoms with E-state index in [1.165, 1.54) is 12.8 Å². The maximum atomic E-state index is 12.8. The lowest BCUT2D eigenvalue weighted by atomic mass is 10.1. The summed E-state index contributed by atoms with van der Waals surface area (Å²) in [5, 5.41) is 1.31. The van der Waals surface area contributed by atoms with Crippen molar-refractivity contribution < 1.29 is 14.4 Å². The zero-order valence-electron chi connectivity index (χ0n) is 30.0. The van der Waals surface area contributed by atoms with E-state index in [1.54, 1.807) is 6.92 Å². The minimum absolute atomic E-state index is 0.0307. The standard InChI is InChI=1S/C22H22ClN3O2.C20H20ClN3O/c1-15(27)12-21-24-19-13-16(22(28)25-10-3-2-4-11-25)8-9-20(19)26(21)18-7-5-6-17(23)14-18;1-14-22-18-12-15(20(25)23-10-3-2-4-11-23)8-9-19(18)24(14)17-7-5-6-16(21)13-17/h5-9,13-14H,2-4,10-12H2,1H3;5-9,12-13H,2-4,10-11H2,1H3. The van der Waals surface area contributed by atoms with E-state index in [4.69, 9.17) is 23.2 Å². The van der Waals surface area contributed by atoms with Gasteiger partial charge in [-0.05, 0) is 125 Å². The Labute approximate surface area is 319 Å². The van der Waals surface area contributed by atoms with Crippen LogP contribution in [0.15, 0.2) is 84.9 Å². The Bertz CT molecular complexity index is 2320. The van der Waals surface area contributed by atoms with E-state index >= 15 is 0 Å². The maximum absolute atomic E-state index is 12.8. The molecule has 0 N–H and O–H groups in total. The van der Waals surface area contributed by atoms with Crippen molar-refractivity contribution in [3.05, 3.63) is 118 Å². The highest BCUT2D eigenvalue weighted by Gasteiger charge is 2.22. The number of fused-ring (bicyclic) bond motifs is 2. The zero-order chi connectivity index (χ0) is 37.1. The third-order valence-electron chi connectivity index (χ3n) is 9.87. The topological polar surface area (TPSA) is 93.3 Å². The van der Waals surface area contributed by atoms with Crippen LogP contribution in [-0.2, 0) is 11.2 Å². The number of aryl methyl sites for hydroxylation is 1. The van der Waals surface area contributed by atoms with E-state index in [1.807, 2.05) is 106 Å². The van der Waals surface area contributed by atoms with Gasteiger partial charge < -0.3 is 9.80 Å². The highest BCUT2D eigenvalue weighted by molar-refractivity contribution is 6.31. The van der Waals surface area contributed by atoms with Crippen LogP contribution in [0.2, 0.25) is 10.0 Å². The molecular formula is C42H42Cl2N6O3. The van der Waals surface area contributed by atoms with Crippen LogP contribution >= 0.6 is 23.2 Å². The highest BCUT2D eigenvalue weighted by atomic mass is 35.5. The van der Waals surface area contributed by atoms with Gasteiger partial charge in [-0.3, -0.25) is 23.5 Å². The lowest BCUT2D eigenvalue weighted by Crippen LogP contribution is -2.35. The molecule has 2 aliphatic rings. The van der Waals surface area contributed by atoms with Crippen molar-refractivity contribution in [1.82, 2.24) is 28.9 Å². The van der Waals surface area contributed by atoms with Gasteiger partial charge in [-0.1, -0.05) is 35.3 Å². The Morgan fingerprint density at radius 2 is 1.08 bits per heavy atom. The molecule has 9 nitrogen and oxygen atoms in total. The fourth-order valence-corrected chi connectivity index (χ4v) is 7.71. The summed E-state index contributed by atoms with van der Waals surface area (Å²) >= 11 is 12.3. The van der Waals surface area contributed by atoms with Crippen molar-refractivity contribution in [2.75, 3.05) is 26.2 Å². The van der Waals surface area contributed by atoms with Gasteiger partial charge in [0.2, 0.25) is 0 Å². The number of piperidine rings is 2. The van der Waals surface area contributed by atoms with Crippen molar-refractivity contribution >= 4 is 62.9 Å². The second-order valence-corrected chi connectivity index (χ2v) is 14.7. The smallest absolute Gasteiger partial charge is 0.253 e. The molecule has 272 valence electrons. The summed E-state index contributed by atoms with van der Waals surface area (Å²) in [7, 11) is 0. The molecular weight excluding hydrogens is 707 g/mol. The van der Waals surface area contributed by atoms with E-state index in [0.29, 0.717) is 32.5 Å². The molecule has 0 aliphatic carbocycles. The highest BCUT2D eigenvalue weighted by Crippen LogP contribution is 2.27. The summed E-state index contributed by atoms with van der Waals surface area (Å²) in [6.45, 7) is 6.84. The molecule has 4 heterocycles. The van der Waals surface area contributed by atoms with Crippen LogP contribution in [0.1, 0.15) is 77.8 Å². The number of halogens is 2. The summed E-state index contributed by atoms with van der Waals surface area (Å²) in [6.07, 6.45) is 6.91. The lowest BCUT2D eigenvalue weighted by Gasteiger charge is -2.26. The van der Waals surface area contributed by atoms with Crippen LogP contribution in [0.25, 0.3) is 33.4 Å². The number of Topliss-reactive ketones (excluding diaryl/α,β-unsaturated/α-hetero) is 1. The third-order valence-corrected chi connectivity index (χ3v) is 10.3. The van der Waals surface area contributed by atoms with Crippen LogP contribution in [-0.4, -0.2) is 72.7 Å². The molecule has 0 saturated carbocycles. The van der Waals surface area contributed by atoms with Crippen LogP contribution in [0.3, 0.4) is 0 Å². The zero-order valence-corrected chi connectivity index (χ0v) is 31.5. The first-order chi connectivity index (χ1) is 25.7. The Morgan fingerprint density at radius 3 is 1.57 bits per heavy atom. The molecule has 53 heavy (non-hydrogen) atoms. The van der Waals surface area contributed by atoms with Gasteiger partial charge in [0.25, 0.3) is 11.8 Å². The number of ketones is 1. The average molecular weight is 750 g/mol. The van der Waals surface area contributed by atoms with Gasteiger partial charge in [-0.25, -0.2) is 9.97 Å². The van der Waals surface area contributed by atoms with E-state index in [-0.39, 0.29) is 24.0 Å². The predicted molar refractivity (Wildman–Crippen MR) is 211 cm³/mol. The molecule has 8 rings (SSSR count). The predicted octanol–water partition coefficient (Wildman–Crippen LogP) is 9.05. The van der Waals surface area contributed by atoms with Crippen molar-refractivity contribution in [2.24, 2.45) is 0 Å². The molecule has 2 saturated heterocycles. The van der Waals surface area contributed by atoms with Gasteiger partial charge in [0.05, 0.1) is 28.5 Å². The minimum atomic E-state index is 0.0307. The monoisotopic (exact) mass is 748 g/mol. The van der Waals surface area contributed by atoms with Gasteiger partial charge in [0.15, 0.2) is 0 Å². The first-order valence-corrected chi connectivity index (χ1v) is 19.0. The minimum Gasteiger partial charge on any atom is -0.339 e. The van der Waals surface area contributed by atoms with Crippen molar-refractivity contribution in [1.29, 1.82) is 0 Å². The van der Waals surface area contributed by atoms with E-state index in [0.717, 1.165) is 85.6 Å². The first-order valence-electron chi connectivity index (χ1n) is 18.3. The molecule has 0 spiro atoms. The Morgan fingerprint density at radius 1 is 0.604 bits per heavy atom. The normalized spacial score (nSPS) is 14.6. The van der Waals surface area contributed by atoms with Gasteiger partial charge in [0, 0.05) is 58.7 Å². The molecule has 0 unspecified atom stereocenters. The van der Waals surface area contributed by atoms with Crippen molar-refractivity contribution in [3.63, 3.8) is 0 Å². The number of likely N-dealkylation sites (tertiary alicyclic amines) is 2. The molecule has 6 aromatic rings. The largest absolute Gasteiger partial charge is 0.339 e. The number of imidazole rings is 2. The molecule has 2 aromatic heterocycles. The van der Waals surface area contributed by atoms with Gasteiger partial charge in [0.1, 0.15) is 17.4 Å². The lowest BCUT2D eigenvalue weighted by molar-refractivity contribution is -0.116. The molecule has 0 atom stereocenters. The van der Waals surface area contributed by atoms with Gasteiger partial charge >= 0.3 is 0 Å².